The molecule has 0 bridgehead atoms. The molecule has 3 rings (SSSR count). The third-order valence-electron chi connectivity index (χ3n) is 3.21. The first-order valence-corrected chi connectivity index (χ1v) is 6.26. The molecule has 0 saturated heterocycles. The molecular weight excluding hydrogens is 236 g/mol. The summed E-state index contributed by atoms with van der Waals surface area (Å²) in [5, 5.41) is 0. The predicted molar refractivity (Wildman–Crippen MR) is 75.3 cm³/mol. The first-order valence-electron chi connectivity index (χ1n) is 6.26. The van der Waals surface area contributed by atoms with Crippen LogP contribution in [0, 0.1) is 13.8 Å². The van der Waals surface area contributed by atoms with Gasteiger partial charge in [0, 0.05) is 0 Å². The average Bonchev–Trinajstić information content (AvgIpc) is 2.67. The second-order valence-electron chi connectivity index (χ2n) is 4.81. The standard InChI is InChI=1S/C17H14O2/c1-11-8-12(2)16-14(9-11)19-15(17(16)18)10-13-6-4-3-5-7-13/h3-10H,1-2H3/b15-10-. The molecule has 2 aromatic carbocycles. The monoisotopic (exact) mass is 250 g/mol. The van der Waals surface area contributed by atoms with E-state index in [1.54, 1.807) is 6.08 Å². The summed E-state index contributed by atoms with van der Waals surface area (Å²) in [6, 6.07) is 13.6. The van der Waals surface area contributed by atoms with Gasteiger partial charge in [0.15, 0.2) is 5.76 Å². The molecule has 19 heavy (non-hydrogen) atoms. The van der Waals surface area contributed by atoms with Gasteiger partial charge in [0.2, 0.25) is 5.78 Å². The highest BCUT2D eigenvalue weighted by molar-refractivity contribution is 6.15. The molecule has 2 heteroatoms. The average molecular weight is 250 g/mol. The lowest BCUT2D eigenvalue weighted by Crippen LogP contribution is -1.99. The molecule has 0 atom stereocenters. The molecule has 0 saturated carbocycles. The van der Waals surface area contributed by atoms with E-state index in [4.69, 9.17) is 4.74 Å². The minimum absolute atomic E-state index is 0.0312. The lowest BCUT2D eigenvalue weighted by molar-refractivity contribution is 0.101. The van der Waals surface area contributed by atoms with Crippen molar-refractivity contribution in [3.05, 3.63) is 70.5 Å². The van der Waals surface area contributed by atoms with Crippen LogP contribution < -0.4 is 4.74 Å². The summed E-state index contributed by atoms with van der Waals surface area (Å²) in [5.41, 5.74) is 3.72. The minimum atomic E-state index is -0.0312. The Morgan fingerprint density at radius 2 is 1.79 bits per heavy atom. The van der Waals surface area contributed by atoms with Crippen LogP contribution in [0.25, 0.3) is 6.08 Å². The maximum absolute atomic E-state index is 12.3. The summed E-state index contributed by atoms with van der Waals surface area (Å²) in [7, 11) is 0. The van der Waals surface area contributed by atoms with Crippen LogP contribution >= 0.6 is 0 Å². The molecule has 1 aliphatic heterocycles. The summed E-state index contributed by atoms with van der Waals surface area (Å²) in [6.45, 7) is 3.94. The van der Waals surface area contributed by atoms with Crippen molar-refractivity contribution in [3.8, 4) is 5.75 Å². The molecule has 1 aliphatic rings. The van der Waals surface area contributed by atoms with E-state index >= 15 is 0 Å². The van der Waals surface area contributed by atoms with Gasteiger partial charge in [0.05, 0.1) is 5.56 Å². The molecular formula is C17H14O2. The number of aryl methyl sites for hydroxylation is 2. The Bertz CT molecular complexity index is 682. The Hall–Kier alpha value is -2.35. The topological polar surface area (TPSA) is 26.3 Å². The smallest absolute Gasteiger partial charge is 0.232 e. The lowest BCUT2D eigenvalue weighted by Gasteiger charge is -2.01. The molecule has 2 aromatic rings. The molecule has 0 unspecified atom stereocenters. The van der Waals surface area contributed by atoms with Gasteiger partial charge in [-0.3, -0.25) is 4.79 Å². The molecule has 0 aromatic heterocycles. The van der Waals surface area contributed by atoms with Gasteiger partial charge in [-0.1, -0.05) is 36.4 Å². The second-order valence-corrected chi connectivity index (χ2v) is 4.81. The lowest BCUT2D eigenvalue weighted by atomic mass is 10.0. The summed E-state index contributed by atoms with van der Waals surface area (Å²) >= 11 is 0. The summed E-state index contributed by atoms with van der Waals surface area (Å²) in [4.78, 5) is 12.3. The van der Waals surface area contributed by atoms with Crippen LogP contribution in [0.1, 0.15) is 27.0 Å². The number of benzene rings is 2. The number of ether oxygens (including phenoxy) is 1. The number of hydrogen-bond donors (Lipinski definition) is 0. The fourth-order valence-electron chi connectivity index (χ4n) is 2.38. The molecule has 0 spiro atoms. The van der Waals surface area contributed by atoms with Crippen LogP contribution in [-0.4, -0.2) is 5.78 Å². The van der Waals surface area contributed by atoms with Crippen LogP contribution in [0.3, 0.4) is 0 Å². The Morgan fingerprint density at radius 3 is 2.53 bits per heavy atom. The quantitative estimate of drug-likeness (QED) is 0.717. The summed E-state index contributed by atoms with van der Waals surface area (Å²) in [5.74, 6) is 1.04. The third kappa shape index (κ3) is 2.06. The number of carbonyl (C=O) groups excluding carboxylic acids is 1. The van der Waals surface area contributed by atoms with Gasteiger partial charge < -0.3 is 4.74 Å². The predicted octanol–water partition coefficient (Wildman–Crippen LogP) is 3.92. The molecule has 0 N–H and O–H groups in total. The molecule has 0 radical (unpaired) electrons. The summed E-state index contributed by atoms with van der Waals surface area (Å²) in [6.07, 6.45) is 1.79. The third-order valence-corrected chi connectivity index (χ3v) is 3.21. The zero-order chi connectivity index (χ0) is 13.4. The normalized spacial score (nSPS) is 15.5. The van der Waals surface area contributed by atoms with Crippen LogP contribution in [-0.2, 0) is 0 Å². The minimum Gasteiger partial charge on any atom is -0.452 e. The van der Waals surface area contributed by atoms with Gasteiger partial charge in [-0.25, -0.2) is 0 Å². The van der Waals surface area contributed by atoms with Crippen LogP contribution in [0.2, 0.25) is 0 Å². The van der Waals surface area contributed by atoms with Crippen molar-refractivity contribution in [1.82, 2.24) is 0 Å². The largest absolute Gasteiger partial charge is 0.452 e. The van der Waals surface area contributed by atoms with Crippen LogP contribution in [0.4, 0.5) is 0 Å². The first kappa shape index (κ1) is 11.7. The zero-order valence-corrected chi connectivity index (χ0v) is 10.9. The highest BCUT2D eigenvalue weighted by Crippen LogP contribution is 2.35. The number of Topliss-reactive ketones (excluding diaryl/α,β-unsaturated/α-hetero) is 1. The van der Waals surface area contributed by atoms with Crippen molar-refractivity contribution >= 4 is 11.9 Å². The van der Waals surface area contributed by atoms with Crippen molar-refractivity contribution in [2.24, 2.45) is 0 Å². The van der Waals surface area contributed by atoms with Gasteiger partial charge in [0.25, 0.3) is 0 Å². The molecule has 0 aliphatic carbocycles. The van der Waals surface area contributed by atoms with Crippen molar-refractivity contribution < 1.29 is 9.53 Å². The van der Waals surface area contributed by atoms with E-state index in [0.29, 0.717) is 17.1 Å². The number of fused-ring (bicyclic) bond motifs is 1. The van der Waals surface area contributed by atoms with E-state index in [-0.39, 0.29) is 5.78 Å². The maximum Gasteiger partial charge on any atom is 0.232 e. The molecule has 1 heterocycles. The Balaban J connectivity index is 2.05. The van der Waals surface area contributed by atoms with Gasteiger partial charge in [-0.15, -0.1) is 0 Å². The number of ketones is 1. The number of hydrogen-bond acceptors (Lipinski definition) is 2. The zero-order valence-electron chi connectivity index (χ0n) is 10.9. The number of rotatable bonds is 1. The Kier molecular flexibility index (Phi) is 2.71. The highest BCUT2D eigenvalue weighted by Gasteiger charge is 2.29. The second kappa shape index (κ2) is 4.39. The SMILES string of the molecule is Cc1cc(C)c2c(c1)O/C(=C\c1ccccc1)C2=O. The highest BCUT2D eigenvalue weighted by atomic mass is 16.5. The van der Waals surface area contributed by atoms with E-state index in [0.717, 1.165) is 16.7 Å². The first-order chi connectivity index (χ1) is 9.15. The number of carbonyl (C=O) groups is 1. The van der Waals surface area contributed by atoms with E-state index in [1.807, 2.05) is 56.3 Å². The molecule has 0 amide bonds. The van der Waals surface area contributed by atoms with Gasteiger partial charge in [-0.2, -0.15) is 0 Å². The van der Waals surface area contributed by atoms with Crippen LogP contribution in [0.5, 0.6) is 5.75 Å². The van der Waals surface area contributed by atoms with Crippen molar-refractivity contribution in [2.45, 2.75) is 13.8 Å². The van der Waals surface area contributed by atoms with Gasteiger partial charge in [-0.05, 0) is 42.7 Å². The fourth-order valence-corrected chi connectivity index (χ4v) is 2.38. The van der Waals surface area contributed by atoms with E-state index < -0.39 is 0 Å². The van der Waals surface area contributed by atoms with E-state index in [2.05, 4.69) is 0 Å². The summed E-state index contributed by atoms with van der Waals surface area (Å²) < 4.78 is 5.70. The van der Waals surface area contributed by atoms with Gasteiger partial charge in [0.1, 0.15) is 5.75 Å². The molecule has 94 valence electrons. The van der Waals surface area contributed by atoms with Crippen LogP contribution in [0.15, 0.2) is 48.2 Å². The number of allylic oxidation sites excluding steroid dienone is 1. The van der Waals surface area contributed by atoms with Crippen molar-refractivity contribution in [3.63, 3.8) is 0 Å². The van der Waals surface area contributed by atoms with Crippen molar-refractivity contribution in [2.75, 3.05) is 0 Å². The molecule has 0 fully saturated rings. The van der Waals surface area contributed by atoms with Gasteiger partial charge >= 0.3 is 0 Å². The fraction of sp³-hybridized carbons (Fsp3) is 0.118. The Morgan fingerprint density at radius 1 is 1.05 bits per heavy atom. The Labute approximate surface area is 112 Å². The molecule has 2 nitrogen and oxygen atoms in total. The van der Waals surface area contributed by atoms with E-state index in [1.165, 1.54) is 0 Å². The van der Waals surface area contributed by atoms with E-state index in [9.17, 15) is 4.79 Å². The van der Waals surface area contributed by atoms with Crippen molar-refractivity contribution in [1.29, 1.82) is 0 Å². The maximum atomic E-state index is 12.3.